The average molecular weight is 455 g/mol. The molecular weight excluding hydrogens is 428 g/mol. The molecule has 0 saturated heterocycles. The van der Waals surface area contributed by atoms with Crippen LogP contribution in [0.5, 0.6) is 5.75 Å². The molecule has 0 bridgehead atoms. The predicted octanol–water partition coefficient (Wildman–Crippen LogP) is 2.91. The molecule has 4 aromatic rings. The van der Waals surface area contributed by atoms with Crippen molar-refractivity contribution in [3.8, 4) is 5.75 Å². The molecule has 9 heteroatoms. The normalized spacial score (nSPS) is 13.5. The Morgan fingerprint density at radius 2 is 1.94 bits per heavy atom. The van der Waals surface area contributed by atoms with Gasteiger partial charge in [0.05, 0.1) is 6.54 Å². The minimum atomic E-state index is -0.890. The number of imidazole rings is 1. The number of aromatic amines is 1. The van der Waals surface area contributed by atoms with Crippen molar-refractivity contribution in [2.24, 2.45) is 7.05 Å². The van der Waals surface area contributed by atoms with Gasteiger partial charge >= 0.3 is 5.69 Å². The topological polar surface area (TPSA) is 102 Å². The average Bonchev–Trinajstić information content (AvgIpc) is 3.14. The van der Waals surface area contributed by atoms with Crippen LogP contribution in [0.1, 0.15) is 20.3 Å². The fraction of sp³-hybridized carbons (Fsp3) is 0.348. The third-order valence-electron chi connectivity index (χ3n) is 5.43. The van der Waals surface area contributed by atoms with Crippen molar-refractivity contribution in [3.63, 3.8) is 0 Å². The molecule has 0 saturated carbocycles. The van der Waals surface area contributed by atoms with Gasteiger partial charge in [-0.25, -0.2) is 9.78 Å². The lowest BCUT2D eigenvalue weighted by molar-refractivity contribution is 0.0921. The molecule has 2 heterocycles. The van der Waals surface area contributed by atoms with Crippen molar-refractivity contribution in [1.82, 2.24) is 19.1 Å². The number of ether oxygens (including phenoxy) is 1. The van der Waals surface area contributed by atoms with Crippen LogP contribution in [0.3, 0.4) is 0 Å². The van der Waals surface area contributed by atoms with Crippen LogP contribution in [0.2, 0.25) is 0 Å². The van der Waals surface area contributed by atoms with Crippen molar-refractivity contribution in [2.45, 2.75) is 43.3 Å². The van der Waals surface area contributed by atoms with E-state index in [-0.39, 0.29) is 23.9 Å². The van der Waals surface area contributed by atoms with Crippen LogP contribution >= 0.6 is 11.8 Å². The number of hydrogen-bond acceptors (Lipinski definition) is 6. The standard InChI is InChI=1S/C23H26N4O4S/c1-4-14(2)32-23-24-20-19(21(29)25-22(30)26(20)3)27(23)12-16(28)13-31-18-11-7-9-15-8-5-6-10-17(15)18/h5-11,14,16,28H,4,12-13H2,1-3H3,(H,25,29,30)/t14-,16+/m1/s1. The van der Waals surface area contributed by atoms with E-state index in [0.29, 0.717) is 16.6 Å². The highest BCUT2D eigenvalue weighted by molar-refractivity contribution is 7.99. The second-order valence-corrected chi connectivity index (χ2v) is 9.18. The summed E-state index contributed by atoms with van der Waals surface area (Å²) >= 11 is 1.51. The summed E-state index contributed by atoms with van der Waals surface area (Å²) in [6.07, 6.45) is 0.0231. The summed E-state index contributed by atoms with van der Waals surface area (Å²) in [6.45, 7) is 4.30. The van der Waals surface area contributed by atoms with E-state index in [9.17, 15) is 14.7 Å². The van der Waals surface area contributed by atoms with E-state index in [2.05, 4.69) is 23.8 Å². The summed E-state index contributed by atoms with van der Waals surface area (Å²) in [5, 5.41) is 13.6. The van der Waals surface area contributed by atoms with Crippen LogP contribution in [0, 0.1) is 0 Å². The first-order valence-corrected chi connectivity index (χ1v) is 11.4. The number of hydrogen-bond donors (Lipinski definition) is 2. The second-order valence-electron chi connectivity index (χ2n) is 7.77. The first-order valence-electron chi connectivity index (χ1n) is 10.5. The van der Waals surface area contributed by atoms with Gasteiger partial charge in [0.1, 0.15) is 18.5 Å². The fourth-order valence-corrected chi connectivity index (χ4v) is 4.47. The monoisotopic (exact) mass is 454 g/mol. The molecule has 168 valence electrons. The van der Waals surface area contributed by atoms with E-state index in [1.165, 1.54) is 16.3 Å². The molecule has 0 amide bonds. The third-order valence-corrected chi connectivity index (χ3v) is 6.69. The summed E-state index contributed by atoms with van der Waals surface area (Å²) in [5.74, 6) is 0.687. The van der Waals surface area contributed by atoms with Crippen molar-refractivity contribution in [3.05, 3.63) is 63.3 Å². The van der Waals surface area contributed by atoms with Crippen molar-refractivity contribution in [2.75, 3.05) is 6.61 Å². The van der Waals surface area contributed by atoms with Crippen LogP contribution < -0.4 is 16.0 Å². The summed E-state index contributed by atoms with van der Waals surface area (Å²) in [5.41, 5.74) is -0.477. The molecule has 4 rings (SSSR count). The number of benzene rings is 2. The zero-order valence-electron chi connectivity index (χ0n) is 18.2. The molecule has 0 fully saturated rings. The summed E-state index contributed by atoms with van der Waals surface area (Å²) in [7, 11) is 1.57. The van der Waals surface area contributed by atoms with Gasteiger partial charge in [-0.2, -0.15) is 0 Å². The molecule has 2 aromatic carbocycles. The molecule has 0 aliphatic carbocycles. The number of thioether (sulfide) groups is 1. The van der Waals surface area contributed by atoms with Gasteiger partial charge in [0.2, 0.25) is 0 Å². The van der Waals surface area contributed by atoms with Crippen molar-refractivity contribution < 1.29 is 9.84 Å². The SMILES string of the molecule is CC[C@@H](C)Sc1nc2c(c(=O)[nH]c(=O)n2C)n1C[C@H](O)COc1cccc2ccccc12. The van der Waals surface area contributed by atoms with Crippen molar-refractivity contribution in [1.29, 1.82) is 0 Å². The smallest absolute Gasteiger partial charge is 0.329 e. The van der Waals surface area contributed by atoms with E-state index in [1.807, 2.05) is 42.5 Å². The van der Waals surface area contributed by atoms with E-state index in [4.69, 9.17) is 4.74 Å². The lowest BCUT2D eigenvalue weighted by Crippen LogP contribution is -2.30. The molecule has 2 N–H and O–H groups in total. The first kappa shape index (κ1) is 22.2. The molecule has 2 atom stereocenters. The maximum Gasteiger partial charge on any atom is 0.329 e. The number of aromatic nitrogens is 4. The van der Waals surface area contributed by atoms with Gasteiger partial charge in [-0.3, -0.25) is 14.3 Å². The number of aryl methyl sites for hydroxylation is 1. The number of fused-ring (bicyclic) bond motifs is 2. The van der Waals surface area contributed by atoms with Gasteiger partial charge in [0.25, 0.3) is 5.56 Å². The van der Waals surface area contributed by atoms with Crippen LogP contribution in [0.15, 0.2) is 57.2 Å². The molecule has 2 aromatic heterocycles. The molecular formula is C23H26N4O4S. The summed E-state index contributed by atoms with van der Waals surface area (Å²) in [6, 6.07) is 13.7. The Labute approximate surface area is 188 Å². The number of nitrogens with zero attached hydrogens (tertiary/aromatic N) is 3. The zero-order valence-corrected chi connectivity index (χ0v) is 19.1. The van der Waals surface area contributed by atoms with Gasteiger partial charge in [0.15, 0.2) is 16.3 Å². The molecule has 8 nitrogen and oxygen atoms in total. The summed E-state index contributed by atoms with van der Waals surface area (Å²) < 4.78 is 8.92. The van der Waals surface area contributed by atoms with Gasteiger partial charge in [-0.15, -0.1) is 0 Å². The molecule has 0 unspecified atom stereocenters. The van der Waals surface area contributed by atoms with Crippen LogP contribution in [0.25, 0.3) is 21.9 Å². The van der Waals surface area contributed by atoms with Gasteiger partial charge in [-0.1, -0.05) is 62.0 Å². The summed E-state index contributed by atoms with van der Waals surface area (Å²) in [4.78, 5) is 31.5. The Hall–Kier alpha value is -3.04. The number of aliphatic hydroxyl groups is 1. The molecule has 0 aliphatic rings. The van der Waals surface area contributed by atoms with Crippen LogP contribution in [-0.4, -0.2) is 42.2 Å². The van der Waals surface area contributed by atoms with Crippen molar-refractivity contribution >= 4 is 33.7 Å². The molecule has 32 heavy (non-hydrogen) atoms. The van der Waals surface area contributed by atoms with E-state index < -0.39 is 17.4 Å². The van der Waals surface area contributed by atoms with Crippen LogP contribution in [-0.2, 0) is 13.6 Å². The molecule has 0 radical (unpaired) electrons. The van der Waals surface area contributed by atoms with Gasteiger partial charge in [0, 0.05) is 17.7 Å². The van der Waals surface area contributed by atoms with Crippen LogP contribution in [0.4, 0.5) is 0 Å². The molecule has 0 spiro atoms. The number of nitrogens with one attached hydrogen (secondary N) is 1. The Kier molecular flexibility index (Phi) is 6.38. The highest BCUT2D eigenvalue weighted by Crippen LogP contribution is 2.28. The zero-order chi connectivity index (χ0) is 22.8. The lowest BCUT2D eigenvalue weighted by Gasteiger charge is -2.17. The molecule has 0 aliphatic heterocycles. The minimum absolute atomic E-state index is 0.0464. The maximum atomic E-state index is 12.6. The second kappa shape index (κ2) is 9.22. The Bertz CT molecular complexity index is 1370. The van der Waals surface area contributed by atoms with E-state index in [1.54, 1.807) is 11.6 Å². The Morgan fingerprint density at radius 3 is 2.72 bits per heavy atom. The third kappa shape index (κ3) is 4.31. The van der Waals surface area contributed by atoms with E-state index in [0.717, 1.165) is 17.2 Å². The predicted molar refractivity (Wildman–Crippen MR) is 127 cm³/mol. The highest BCUT2D eigenvalue weighted by atomic mass is 32.2. The highest BCUT2D eigenvalue weighted by Gasteiger charge is 2.21. The van der Waals surface area contributed by atoms with E-state index >= 15 is 0 Å². The van der Waals surface area contributed by atoms with Gasteiger partial charge in [-0.05, 0) is 17.9 Å². The number of H-pyrrole nitrogens is 1. The Balaban J connectivity index is 1.63. The van der Waals surface area contributed by atoms with Gasteiger partial charge < -0.3 is 14.4 Å². The minimum Gasteiger partial charge on any atom is -0.490 e. The fourth-order valence-electron chi connectivity index (χ4n) is 3.51. The lowest BCUT2D eigenvalue weighted by atomic mass is 10.1. The maximum absolute atomic E-state index is 12.6. The quantitative estimate of drug-likeness (QED) is 0.397. The number of rotatable bonds is 8. The first-order chi connectivity index (χ1) is 15.4. The largest absolute Gasteiger partial charge is 0.490 e. The Morgan fingerprint density at radius 1 is 1.19 bits per heavy atom. The number of aliphatic hydroxyl groups excluding tert-OH is 1.